The molecule has 0 spiro atoms. The zero-order chi connectivity index (χ0) is 13.0. The average Bonchev–Trinajstić information content (AvgIpc) is 2.30. The first kappa shape index (κ1) is 13.1. The largest absolute Gasteiger partial charge is 0.467 e. The van der Waals surface area contributed by atoms with E-state index in [0.717, 1.165) is 7.11 Å². The van der Waals surface area contributed by atoms with Crippen LogP contribution >= 0.6 is 0 Å². The Kier molecular flexibility index (Phi) is 4.17. The van der Waals surface area contributed by atoms with E-state index in [4.69, 9.17) is 0 Å². The summed E-state index contributed by atoms with van der Waals surface area (Å²) in [6, 6.07) is 4.58. The third-order valence-corrected chi connectivity index (χ3v) is 2.45. The summed E-state index contributed by atoms with van der Waals surface area (Å²) in [6.07, 6.45) is -1.52. The van der Waals surface area contributed by atoms with Crippen LogP contribution in [0.15, 0.2) is 18.2 Å². The minimum Gasteiger partial charge on any atom is -0.467 e. The summed E-state index contributed by atoms with van der Waals surface area (Å²) in [4.78, 5) is 21.3. The number of esters is 1. The molecule has 0 aromatic heterocycles. The zero-order valence-corrected chi connectivity index (χ0v) is 9.54. The van der Waals surface area contributed by atoms with Gasteiger partial charge in [0.15, 0.2) is 6.10 Å². The monoisotopic (exact) mass is 239 g/mol. The second kappa shape index (κ2) is 5.40. The van der Waals surface area contributed by atoms with Crippen molar-refractivity contribution in [2.75, 3.05) is 7.11 Å². The molecular formula is C11H13NO5. The summed E-state index contributed by atoms with van der Waals surface area (Å²) in [7, 11) is 1.15. The number of nitro benzene ring substituents is 1. The fourth-order valence-electron chi connectivity index (χ4n) is 1.54. The second-order valence-corrected chi connectivity index (χ2v) is 3.57. The minimum atomic E-state index is -1.39. The number of aliphatic hydroxyl groups excluding tert-OH is 1. The molecular weight excluding hydrogens is 226 g/mol. The van der Waals surface area contributed by atoms with Gasteiger partial charge in [0.2, 0.25) is 0 Å². The fourth-order valence-corrected chi connectivity index (χ4v) is 1.54. The molecule has 0 aliphatic rings. The highest BCUT2D eigenvalue weighted by Crippen LogP contribution is 2.23. The van der Waals surface area contributed by atoms with Crippen molar-refractivity contribution in [2.45, 2.75) is 19.4 Å². The number of carbonyl (C=O) groups is 1. The Morgan fingerprint density at radius 2 is 2.24 bits per heavy atom. The van der Waals surface area contributed by atoms with Gasteiger partial charge in [0.1, 0.15) is 0 Å². The second-order valence-electron chi connectivity index (χ2n) is 3.57. The molecule has 0 fully saturated rings. The van der Waals surface area contributed by atoms with Crippen molar-refractivity contribution in [3.05, 3.63) is 39.4 Å². The van der Waals surface area contributed by atoms with Crippen LogP contribution in [-0.4, -0.2) is 29.2 Å². The number of aryl methyl sites for hydroxylation is 1. The molecule has 0 aliphatic heterocycles. The van der Waals surface area contributed by atoms with E-state index in [2.05, 4.69) is 4.74 Å². The molecule has 6 heteroatoms. The average molecular weight is 239 g/mol. The smallest absolute Gasteiger partial charge is 0.335 e. The molecule has 0 amide bonds. The van der Waals surface area contributed by atoms with Gasteiger partial charge in [-0.2, -0.15) is 0 Å². The third-order valence-electron chi connectivity index (χ3n) is 2.45. The number of nitrogens with zero attached hydrogens (tertiary/aromatic N) is 1. The first-order chi connectivity index (χ1) is 7.97. The van der Waals surface area contributed by atoms with E-state index in [-0.39, 0.29) is 12.1 Å². The maximum absolute atomic E-state index is 11.1. The van der Waals surface area contributed by atoms with Crippen LogP contribution in [-0.2, 0) is 16.0 Å². The number of hydrogen-bond donors (Lipinski definition) is 1. The van der Waals surface area contributed by atoms with Crippen LogP contribution in [0, 0.1) is 17.0 Å². The predicted molar refractivity (Wildman–Crippen MR) is 59.6 cm³/mol. The van der Waals surface area contributed by atoms with Crippen molar-refractivity contribution in [3.63, 3.8) is 0 Å². The van der Waals surface area contributed by atoms with Gasteiger partial charge in [-0.05, 0) is 12.5 Å². The number of nitro groups is 1. The quantitative estimate of drug-likeness (QED) is 0.480. The Morgan fingerprint density at radius 3 is 2.76 bits per heavy atom. The lowest BCUT2D eigenvalue weighted by molar-refractivity contribution is -0.385. The van der Waals surface area contributed by atoms with Crippen molar-refractivity contribution in [1.29, 1.82) is 0 Å². The number of rotatable bonds is 4. The van der Waals surface area contributed by atoms with E-state index in [0.29, 0.717) is 11.1 Å². The molecule has 0 heterocycles. The van der Waals surface area contributed by atoms with Gasteiger partial charge in [-0.1, -0.05) is 12.1 Å². The lowest BCUT2D eigenvalue weighted by atomic mass is 10.0. The molecule has 6 nitrogen and oxygen atoms in total. The predicted octanol–water partition coefficient (Wildman–Crippen LogP) is 0.980. The molecule has 1 aromatic carbocycles. The van der Waals surface area contributed by atoms with Crippen molar-refractivity contribution in [2.24, 2.45) is 0 Å². The van der Waals surface area contributed by atoms with E-state index in [1.807, 2.05) is 0 Å². The van der Waals surface area contributed by atoms with E-state index < -0.39 is 17.0 Å². The lowest BCUT2D eigenvalue weighted by Gasteiger charge is -2.10. The Hall–Kier alpha value is -1.95. The van der Waals surface area contributed by atoms with Crippen molar-refractivity contribution in [1.82, 2.24) is 0 Å². The minimum absolute atomic E-state index is 0.104. The van der Waals surface area contributed by atoms with Crippen LogP contribution in [0.5, 0.6) is 0 Å². The van der Waals surface area contributed by atoms with Crippen molar-refractivity contribution < 1.29 is 19.6 Å². The highest BCUT2D eigenvalue weighted by atomic mass is 16.6. The topological polar surface area (TPSA) is 89.7 Å². The molecule has 1 N–H and O–H groups in total. The first-order valence-corrected chi connectivity index (χ1v) is 4.96. The summed E-state index contributed by atoms with van der Waals surface area (Å²) in [5.41, 5.74) is 0.894. The Labute approximate surface area is 98.0 Å². The molecule has 1 atom stereocenters. The first-order valence-electron chi connectivity index (χ1n) is 4.96. The van der Waals surface area contributed by atoms with Gasteiger partial charge in [0, 0.05) is 18.1 Å². The maximum Gasteiger partial charge on any atom is 0.335 e. The van der Waals surface area contributed by atoms with E-state index >= 15 is 0 Å². The molecule has 0 saturated carbocycles. The normalized spacial score (nSPS) is 11.9. The van der Waals surface area contributed by atoms with Gasteiger partial charge in [0.25, 0.3) is 5.69 Å². The van der Waals surface area contributed by atoms with Gasteiger partial charge in [-0.3, -0.25) is 10.1 Å². The summed E-state index contributed by atoms with van der Waals surface area (Å²) in [5.74, 6) is -0.803. The molecule has 92 valence electrons. The van der Waals surface area contributed by atoms with E-state index in [1.54, 1.807) is 19.1 Å². The van der Waals surface area contributed by atoms with Crippen molar-refractivity contribution in [3.8, 4) is 0 Å². The van der Waals surface area contributed by atoms with Crippen molar-refractivity contribution >= 4 is 11.7 Å². The molecule has 0 aliphatic carbocycles. The highest BCUT2D eigenvalue weighted by molar-refractivity contribution is 5.75. The summed E-state index contributed by atoms with van der Waals surface area (Å²) >= 11 is 0. The van der Waals surface area contributed by atoms with E-state index in [1.165, 1.54) is 6.07 Å². The maximum atomic E-state index is 11.1. The molecule has 0 radical (unpaired) electrons. The fraction of sp³-hybridized carbons (Fsp3) is 0.364. The van der Waals surface area contributed by atoms with E-state index in [9.17, 15) is 20.0 Å². The molecule has 1 aromatic rings. The Bertz CT molecular complexity index is 443. The van der Waals surface area contributed by atoms with Gasteiger partial charge in [-0.25, -0.2) is 4.79 Å². The Morgan fingerprint density at radius 1 is 1.59 bits per heavy atom. The molecule has 17 heavy (non-hydrogen) atoms. The highest BCUT2D eigenvalue weighted by Gasteiger charge is 2.23. The molecule has 0 saturated heterocycles. The molecule has 0 bridgehead atoms. The van der Waals surface area contributed by atoms with Crippen LogP contribution in [0.3, 0.4) is 0 Å². The number of aliphatic hydroxyl groups is 1. The van der Waals surface area contributed by atoms with Gasteiger partial charge < -0.3 is 9.84 Å². The number of carbonyl (C=O) groups excluding carboxylic acids is 1. The van der Waals surface area contributed by atoms with Crippen LogP contribution < -0.4 is 0 Å². The number of benzene rings is 1. The lowest BCUT2D eigenvalue weighted by Crippen LogP contribution is -2.24. The van der Waals surface area contributed by atoms with Gasteiger partial charge in [0.05, 0.1) is 12.0 Å². The van der Waals surface area contributed by atoms with Crippen LogP contribution in [0.2, 0.25) is 0 Å². The summed E-state index contributed by atoms with van der Waals surface area (Å²) in [6.45, 7) is 1.69. The van der Waals surface area contributed by atoms with Crippen LogP contribution in [0.4, 0.5) is 5.69 Å². The summed E-state index contributed by atoms with van der Waals surface area (Å²) in [5, 5.41) is 20.3. The number of methoxy groups -OCH3 is 1. The van der Waals surface area contributed by atoms with Gasteiger partial charge >= 0.3 is 5.97 Å². The Balaban J connectivity index is 3.05. The number of hydrogen-bond acceptors (Lipinski definition) is 5. The SMILES string of the molecule is COC(=O)C(O)Cc1c(C)cccc1[N+](=O)[O-]. The summed E-state index contributed by atoms with van der Waals surface area (Å²) < 4.78 is 4.37. The third kappa shape index (κ3) is 3.01. The van der Waals surface area contributed by atoms with Crippen LogP contribution in [0.1, 0.15) is 11.1 Å². The number of ether oxygens (including phenoxy) is 1. The molecule has 1 unspecified atom stereocenters. The molecule has 1 rings (SSSR count). The zero-order valence-electron chi connectivity index (χ0n) is 9.54. The van der Waals surface area contributed by atoms with Crippen LogP contribution in [0.25, 0.3) is 0 Å². The standard InChI is InChI=1S/C11H13NO5/c1-7-4-3-5-9(12(15)16)8(7)6-10(13)11(14)17-2/h3-5,10,13H,6H2,1-2H3. The van der Waals surface area contributed by atoms with Gasteiger partial charge in [-0.15, -0.1) is 0 Å².